The number of H-pyrrole nitrogens is 2. The number of amides is 4. The van der Waals surface area contributed by atoms with Gasteiger partial charge in [-0.15, -0.1) is 0 Å². The van der Waals surface area contributed by atoms with Crippen molar-refractivity contribution in [1.82, 2.24) is 40.4 Å². The standard InChI is InChI=1S/C49H54N8O6/c1-8-56(47(59)40(55-49(61)63-7)29-13-10-9-11-14-29)43(28(4)5)45-51-37-23-19-33-26-31(17-21-35(33)42(37)53-45)30-16-20-34-32(25-30)18-22-36-41(34)52-44(50-36)38-15-12-24-57(38)46(58)39(27(2)3)54-48(60)62-6/h9-11,13-14,16-23,25-28,38-40,43H,8,12,15,24H2,1-7H3,(H,50,52)(H,51,53)(H,54,60)(H,55,61)/t38-,39-,40+,43-/m0/s1. The van der Waals surface area contributed by atoms with Gasteiger partial charge in [0.05, 0.1) is 48.4 Å². The Morgan fingerprint density at radius 1 is 0.762 bits per heavy atom. The number of fused-ring (bicyclic) bond motifs is 6. The number of imidazole rings is 2. The zero-order valence-electron chi connectivity index (χ0n) is 36.7. The highest BCUT2D eigenvalue weighted by Gasteiger charge is 2.38. The normalized spacial score (nSPS) is 15.6. The highest BCUT2D eigenvalue weighted by Crippen LogP contribution is 2.37. The first-order valence-corrected chi connectivity index (χ1v) is 21.6. The lowest BCUT2D eigenvalue weighted by Crippen LogP contribution is -2.51. The number of hydrogen-bond donors (Lipinski definition) is 4. The number of ether oxygens (including phenoxy) is 2. The third-order valence-corrected chi connectivity index (χ3v) is 12.2. The van der Waals surface area contributed by atoms with Crippen LogP contribution in [0.3, 0.4) is 0 Å². The van der Waals surface area contributed by atoms with Crippen molar-refractivity contribution < 1.29 is 28.7 Å². The number of aromatic nitrogens is 4. The predicted molar refractivity (Wildman–Crippen MR) is 244 cm³/mol. The molecule has 0 spiro atoms. The number of carbonyl (C=O) groups excluding carboxylic acids is 4. The molecule has 14 nitrogen and oxygen atoms in total. The molecule has 5 aromatic carbocycles. The van der Waals surface area contributed by atoms with Crippen molar-refractivity contribution in [3.63, 3.8) is 0 Å². The molecule has 4 amide bonds. The summed E-state index contributed by atoms with van der Waals surface area (Å²) in [5, 5.41) is 9.52. The quantitative estimate of drug-likeness (QED) is 0.0942. The van der Waals surface area contributed by atoms with Gasteiger partial charge in [0.25, 0.3) is 5.91 Å². The van der Waals surface area contributed by atoms with Gasteiger partial charge >= 0.3 is 12.2 Å². The molecule has 63 heavy (non-hydrogen) atoms. The average Bonchev–Trinajstić information content (AvgIpc) is 4.07. The van der Waals surface area contributed by atoms with E-state index in [0.717, 1.165) is 73.4 Å². The number of aromatic amines is 2. The first-order chi connectivity index (χ1) is 30.4. The summed E-state index contributed by atoms with van der Waals surface area (Å²) >= 11 is 0. The molecule has 1 saturated heterocycles. The lowest BCUT2D eigenvalue weighted by molar-refractivity contribution is -0.137. The molecular formula is C49H54N8O6. The fraction of sp³-hybridized carbons (Fsp3) is 0.347. The zero-order valence-corrected chi connectivity index (χ0v) is 36.7. The molecule has 1 aliphatic heterocycles. The molecule has 4 N–H and O–H groups in total. The number of methoxy groups -OCH3 is 2. The highest BCUT2D eigenvalue weighted by molar-refractivity contribution is 6.07. The van der Waals surface area contributed by atoms with Crippen LogP contribution in [-0.4, -0.2) is 87.1 Å². The van der Waals surface area contributed by atoms with Gasteiger partial charge in [-0.2, -0.15) is 0 Å². The summed E-state index contributed by atoms with van der Waals surface area (Å²) in [6.07, 6.45) is 0.290. The molecule has 8 rings (SSSR count). The SMILES string of the molecule is CCN(C(=O)[C@H](NC(=O)OC)c1ccccc1)[C@H](c1nc2c(ccc3cc(-c4ccc5c(ccc6[nH]c([C@@H]7CCCN7C(=O)[C@@H](NC(=O)OC)C(C)C)nc65)c4)ccc32)[nH]1)C(C)C. The van der Waals surface area contributed by atoms with E-state index in [1.54, 1.807) is 4.90 Å². The van der Waals surface area contributed by atoms with Gasteiger partial charge in [-0.05, 0) is 83.3 Å². The van der Waals surface area contributed by atoms with E-state index >= 15 is 0 Å². The van der Waals surface area contributed by atoms with Crippen LogP contribution in [0.2, 0.25) is 0 Å². The lowest BCUT2D eigenvalue weighted by Gasteiger charge is -2.35. The number of carbonyl (C=O) groups is 4. The van der Waals surface area contributed by atoms with Crippen molar-refractivity contribution in [2.75, 3.05) is 27.3 Å². The number of nitrogens with zero attached hydrogens (tertiary/aromatic N) is 4. The summed E-state index contributed by atoms with van der Waals surface area (Å²) in [5.74, 6) is 0.869. The molecule has 0 saturated carbocycles. The molecule has 0 aliphatic carbocycles. The fourth-order valence-electron chi connectivity index (χ4n) is 9.08. The van der Waals surface area contributed by atoms with Crippen LogP contribution < -0.4 is 10.6 Å². The van der Waals surface area contributed by atoms with Crippen LogP contribution in [0.25, 0.3) is 54.7 Å². The van der Waals surface area contributed by atoms with Crippen molar-refractivity contribution in [3.05, 3.63) is 108 Å². The summed E-state index contributed by atoms with van der Waals surface area (Å²) < 4.78 is 9.69. The van der Waals surface area contributed by atoms with Crippen LogP contribution in [0.1, 0.15) is 82.8 Å². The van der Waals surface area contributed by atoms with Gasteiger partial charge in [0.1, 0.15) is 23.7 Å². The molecular weight excluding hydrogens is 797 g/mol. The summed E-state index contributed by atoms with van der Waals surface area (Å²) in [4.78, 5) is 73.5. The van der Waals surface area contributed by atoms with E-state index in [4.69, 9.17) is 19.4 Å². The van der Waals surface area contributed by atoms with Crippen molar-refractivity contribution in [3.8, 4) is 11.1 Å². The Morgan fingerprint density at radius 2 is 1.37 bits per heavy atom. The first-order valence-electron chi connectivity index (χ1n) is 21.6. The van der Waals surface area contributed by atoms with Crippen molar-refractivity contribution in [2.45, 2.75) is 71.6 Å². The highest BCUT2D eigenvalue weighted by atomic mass is 16.5. The van der Waals surface area contributed by atoms with Crippen molar-refractivity contribution >= 4 is 67.6 Å². The minimum atomic E-state index is -0.941. The van der Waals surface area contributed by atoms with Gasteiger partial charge in [-0.1, -0.05) is 94.4 Å². The summed E-state index contributed by atoms with van der Waals surface area (Å²) in [6.45, 7) is 10.8. The Labute approximate surface area is 365 Å². The Morgan fingerprint density at radius 3 is 1.95 bits per heavy atom. The third kappa shape index (κ3) is 8.25. The number of rotatable bonds is 12. The second kappa shape index (κ2) is 17.8. The van der Waals surface area contributed by atoms with Gasteiger partial charge in [-0.3, -0.25) is 9.59 Å². The largest absolute Gasteiger partial charge is 0.453 e. The third-order valence-electron chi connectivity index (χ3n) is 12.2. The monoisotopic (exact) mass is 850 g/mol. The number of nitrogens with one attached hydrogen (secondary N) is 4. The van der Waals surface area contributed by atoms with Crippen LogP contribution >= 0.6 is 0 Å². The molecule has 0 radical (unpaired) electrons. The molecule has 7 aromatic rings. The Bertz CT molecular complexity index is 2830. The van der Waals surface area contributed by atoms with Crippen molar-refractivity contribution in [2.24, 2.45) is 11.8 Å². The number of likely N-dealkylation sites (tertiary alicyclic amines) is 1. The average molecular weight is 851 g/mol. The van der Waals surface area contributed by atoms with Crippen LogP contribution in [0, 0.1) is 11.8 Å². The van der Waals surface area contributed by atoms with Gasteiger partial charge in [0.2, 0.25) is 5.91 Å². The van der Waals surface area contributed by atoms with Gasteiger partial charge in [0, 0.05) is 23.9 Å². The van der Waals surface area contributed by atoms with Gasteiger partial charge in [-0.25, -0.2) is 19.6 Å². The minimum Gasteiger partial charge on any atom is -0.453 e. The molecule has 326 valence electrons. The van der Waals surface area contributed by atoms with Crippen molar-refractivity contribution in [1.29, 1.82) is 0 Å². The molecule has 2 aromatic heterocycles. The molecule has 0 bridgehead atoms. The second-order valence-corrected chi connectivity index (χ2v) is 16.9. The molecule has 14 heteroatoms. The molecule has 0 unspecified atom stereocenters. The summed E-state index contributed by atoms with van der Waals surface area (Å²) in [5.41, 5.74) is 6.17. The van der Waals surface area contributed by atoms with Crippen LogP contribution in [0.15, 0.2) is 91.0 Å². The lowest BCUT2D eigenvalue weighted by atomic mass is 9.98. The Hall–Kier alpha value is -6.96. The maximum absolute atomic E-state index is 14.3. The van der Waals surface area contributed by atoms with E-state index in [9.17, 15) is 19.2 Å². The predicted octanol–water partition coefficient (Wildman–Crippen LogP) is 9.10. The van der Waals surface area contributed by atoms with Crippen LogP contribution in [0.5, 0.6) is 0 Å². The number of likely N-dealkylation sites (N-methyl/N-ethyl adjacent to an activating group) is 1. The topological polar surface area (TPSA) is 175 Å². The maximum Gasteiger partial charge on any atom is 0.407 e. The van der Waals surface area contributed by atoms with Crippen LogP contribution in [0.4, 0.5) is 9.59 Å². The molecule has 4 atom stereocenters. The number of benzene rings is 5. The van der Waals surface area contributed by atoms with E-state index in [-0.39, 0.29) is 29.7 Å². The second-order valence-electron chi connectivity index (χ2n) is 16.9. The number of hydrogen-bond acceptors (Lipinski definition) is 8. The van der Waals surface area contributed by atoms with Crippen LogP contribution in [-0.2, 0) is 19.1 Å². The zero-order chi connectivity index (χ0) is 44.5. The van der Waals surface area contributed by atoms with E-state index < -0.39 is 30.3 Å². The Balaban J connectivity index is 1.07. The van der Waals surface area contributed by atoms with E-state index in [1.807, 2.05) is 68.1 Å². The van der Waals surface area contributed by atoms with Gasteiger partial charge in [0.15, 0.2) is 0 Å². The van der Waals surface area contributed by atoms with E-state index in [1.165, 1.54) is 14.2 Å². The summed E-state index contributed by atoms with van der Waals surface area (Å²) in [7, 11) is 2.57. The molecule has 1 fully saturated rings. The van der Waals surface area contributed by atoms with Gasteiger partial charge < -0.3 is 39.9 Å². The summed E-state index contributed by atoms with van der Waals surface area (Å²) in [6, 6.07) is 27.9. The maximum atomic E-state index is 14.3. The molecule has 3 heterocycles. The minimum absolute atomic E-state index is 0.00926. The molecule has 1 aliphatic rings. The van der Waals surface area contributed by atoms with E-state index in [0.29, 0.717) is 24.5 Å². The van der Waals surface area contributed by atoms with E-state index in [2.05, 4.69) is 83.0 Å². The fourth-order valence-corrected chi connectivity index (χ4v) is 9.08. The Kier molecular flexibility index (Phi) is 12.1. The number of alkyl carbamates (subject to hydrolysis) is 2. The first kappa shape index (κ1) is 42.7. The smallest absolute Gasteiger partial charge is 0.407 e.